The minimum atomic E-state index is -0.343. The van der Waals surface area contributed by atoms with Gasteiger partial charge in [0.25, 0.3) is 5.91 Å². The van der Waals surface area contributed by atoms with Crippen molar-refractivity contribution in [3.63, 3.8) is 0 Å². The van der Waals surface area contributed by atoms with Crippen LogP contribution in [-0.2, 0) is 4.79 Å². The van der Waals surface area contributed by atoms with Crippen molar-refractivity contribution in [1.29, 1.82) is 0 Å². The molecule has 1 aliphatic carbocycles. The van der Waals surface area contributed by atoms with Gasteiger partial charge in [-0.3, -0.25) is 14.3 Å². The Balaban J connectivity index is 1.78. The molecule has 1 atom stereocenters. The van der Waals surface area contributed by atoms with Crippen LogP contribution in [0, 0.1) is 5.92 Å². The molecule has 1 unspecified atom stereocenters. The van der Waals surface area contributed by atoms with E-state index in [4.69, 9.17) is 0 Å². The Morgan fingerprint density at radius 2 is 2.08 bits per heavy atom. The molecule has 1 aromatic heterocycles. The first kappa shape index (κ1) is 17.0. The maximum atomic E-state index is 13.1. The number of aromatic nitrogens is 2. The van der Waals surface area contributed by atoms with Crippen LogP contribution in [0.4, 0.5) is 0 Å². The van der Waals surface area contributed by atoms with Crippen molar-refractivity contribution < 1.29 is 9.59 Å². The van der Waals surface area contributed by atoms with E-state index in [0.29, 0.717) is 24.7 Å². The normalized spacial score (nSPS) is 22.7. The predicted octanol–water partition coefficient (Wildman–Crippen LogP) is 2.38. The van der Waals surface area contributed by atoms with Crippen LogP contribution in [0.1, 0.15) is 68.9 Å². The van der Waals surface area contributed by atoms with Gasteiger partial charge in [0.1, 0.15) is 11.7 Å². The lowest BCUT2D eigenvalue weighted by Crippen LogP contribution is -2.58. The van der Waals surface area contributed by atoms with Gasteiger partial charge in [-0.15, -0.1) is 0 Å². The van der Waals surface area contributed by atoms with E-state index in [1.165, 1.54) is 32.1 Å². The molecule has 24 heavy (non-hydrogen) atoms. The van der Waals surface area contributed by atoms with E-state index >= 15 is 0 Å². The molecular weight excluding hydrogens is 304 g/mol. The molecule has 1 saturated carbocycles. The van der Waals surface area contributed by atoms with Crippen LogP contribution in [0.2, 0.25) is 0 Å². The number of piperazine rings is 1. The van der Waals surface area contributed by atoms with Gasteiger partial charge in [-0.05, 0) is 32.3 Å². The smallest absolute Gasteiger partial charge is 0.272 e. The van der Waals surface area contributed by atoms with Crippen molar-refractivity contribution in [2.24, 2.45) is 5.92 Å². The Labute approximate surface area is 143 Å². The maximum Gasteiger partial charge on any atom is 0.272 e. The van der Waals surface area contributed by atoms with Crippen molar-refractivity contribution in [2.75, 3.05) is 13.1 Å². The Bertz CT molecular complexity index is 590. The summed E-state index contributed by atoms with van der Waals surface area (Å²) >= 11 is 0. The number of carbonyl (C=O) groups excluding carboxylic acids is 2. The number of nitrogens with one attached hydrogen (secondary N) is 1. The molecule has 1 aromatic rings. The van der Waals surface area contributed by atoms with Gasteiger partial charge in [-0.1, -0.05) is 32.1 Å². The molecular formula is C18H28N4O2. The number of nitrogens with zero attached hydrogens (tertiary/aromatic N) is 3. The average molecular weight is 332 g/mol. The molecule has 1 saturated heterocycles. The minimum absolute atomic E-state index is 0.00390. The van der Waals surface area contributed by atoms with Crippen molar-refractivity contribution in [1.82, 2.24) is 20.0 Å². The third-order valence-corrected chi connectivity index (χ3v) is 5.25. The topological polar surface area (TPSA) is 67.2 Å². The number of hydrogen-bond donors (Lipinski definition) is 1. The number of hydrogen-bond acceptors (Lipinski definition) is 3. The molecule has 3 rings (SSSR count). The molecule has 0 bridgehead atoms. The van der Waals surface area contributed by atoms with Gasteiger partial charge in [0.15, 0.2) is 0 Å². The van der Waals surface area contributed by atoms with Gasteiger partial charge in [0, 0.05) is 25.3 Å². The van der Waals surface area contributed by atoms with Crippen LogP contribution in [-0.4, -0.2) is 45.6 Å². The Kier molecular flexibility index (Phi) is 5.21. The molecule has 0 spiro atoms. The summed E-state index contributed by atoms with van der Waals surface area (Å²) in [5.41, 5.74) is 0.577. The number of rotatable bonds is 4. The highest BCUT2D eigenvalue weighted by Crippen LogP contribution is 2.29. The Morgan fingerprint density at radius 1 is 1.33 bits per heavy atom. The molecule has 6 nitrogen and oxygen atoms in total. The summed E-state index contributed by atoms with van der Waals surface area (Å²) in [5, 5.41) is 7.19. The molecule has 132 valence electrons. The summed E-state index contributed by atoms with van der Waals surface area (Å²) in [5.74, 6) is 0.477. The van der Waals surface area contributed by atoms with Crippen LogP contribution in [0.5, 0.6) is 0 Å². The van der Waals surface area contributed by atoms with E-state index in [1.807, 2.05) is 13.8 Å². The molecule has 0 aromatic carbocycles. The predicted molar refractivity (Wildman–Crippen MR) is 91.6 cm³/mol. The van der Waals surface area contributed by atoms with Crippen molar-refractivity contribution in [3.05, 3.63) is 18.0 Å². The second kappa shape index (κ2) is 7.36. The fourth-order valence-corrected chi connectivity index (χ4v) is 3.97. The molecule has 2 heterocycles. The first-order valence-electron chi connectivity index (χ1n) is 9.20. The highest BCUT2D eigenvalue weighted by Gasteiger charge is 2.36. The zero-order chi connectivity index (χ0) is 17.1. The highest BCUT2D eigenvalue weighted by atomic mass is 16.2. The molecule has 2 aliphatic rings. The second-order valence-corrected chi connectivity index (χ2v) is 7.30. The summed E-state index contributed by atoms with van der Waals surface area (Å²) in [6.07, 6.45) is 8.58. The Morgan fingerprint density at radius 3 is 2.79 bits per heavy atom. The van der Waals surface area contributed by atoms with Crippen LogP contribution in [0.25, 0.3) is 0 Å². The van der Waals surface area contributed by atoms with Gasteiger partial charge in [0.2, 0.25) is 5.91 Å². The zero-order valence-electron chi connectivity index (χ0n) is 14.7. The molecule has 0 radical (unpaired) electrons. The van der Waals surface area contributed by atoms with Gasteiger partial charge in [-0.2, -0.15) is 5.10 Å². The first-order chi connectivity index (χ1) is 11.6. The van der Waals surface area contributed by atoms with E-state index < -0.39 is 0 Å². The van der Waals surface area contributed by atoms with E-state index in [2.05, 4.69) is 10.4 Å². The largest absolute Gasteiger partial charge is 0.353 e. The highest BCUT2D eigenvalue weighted by molar-refractivity contribution is 5.97. The first-order valence-corrected chi connectivity index (χ1v) is 9.20. The van der Waals surface area contributed by atoms with Crippen LogP contribution in [0.15, 0.2) is 12.3 Å². The van der Waals surface area contributed by atoms with Gasteiger partial charge in [-0.25, -0.2) is 0 Å². The average Bonchev–Trinajstić information content (AvgIpc) is 3.07. The minimum Gasteiger partial charge on any atom is -0.353 e. The fraction of sp³-hybridized carbons (Fsp3) is 0.722. The van der Waals surface area contributed by atoms with E-state index in [-0.39, 0.29) is 23.9 Å². The number of carbonyl (C=O) groups is 2. The third-order valence-electron chi connectivity index (χ3n) is 5.25. The monoisotopic (exact) mass is 332 g/mol. The Hall–Kier alpha value is -1.85. The van der Waals surface area contributed by atoms with Crippen molar-refractivity contribution in [3.8, 4) is 0 Å². The number of amides is 2. The third kappa shape index (κ3) is 3.47. The van der Waals surface area contributed by atoms with Crippen LogP contribution < -0.4 is 5.32 Å². The molecule has 6 heteroatoms. The van der Waals surface area contributed by atoms with E-state index in [1.54, 1.807) is 21.8 Å². The van der Waals surface area contributed by atoms with Crippen molar-refractivity contribution in [2.45, 2.75) is 64.5 Å². The van der Waals surface area contributed by atoms with Crippen molar-refractivity contribution >= 4 is 11.8 Å². The summed E-state index contributed by atoms with van der Waals surface area (Å²) in [6.45, 7) is 5.12. The van der Waals surface area contributed by atoms with E-state index in [0.717, 1.165) is 6.42 Å². The van der Waals surface area contributed by atoms with Gasteiger partial charge in [0.05, 0.1) is 0 Å². The summed E-state index contributed by atoms with van der Waals surface area (Å²) in [4.78, 5) is 27.3. The molecule has 1 aliphatic heterocycles. The van der Waals surface area contributed by atoms with E-state index in [9.17, 15) is 9.59 Å². The zero-order valence-corrected chi connectivity index (χ0v) is 14.7. The lowest BCUT2D eigenvalue weighted by atomic mass is 9.84. The lowest BCUT2D eigenvalue weighted by molar-refractivity contribution is -0.128. The molecule has 2 amide bonds. The maximum absolute atomic E-state index is 13.1. The summed E-state index contributed by atoms with van der Waals surface area (Å²) in [7, 11) is 0. The van der Waals surface area contributed by atoms with Gasteiger partial charge >= 0.3 is 0 Å². The van der Waals surface area contributed by atoms with Crippen LogP contribution >= 0.6 is 0 Å². The van der Waals surface area contributed by atoms with Crippen LogP contribution in [0.3, 0.4) is 0 Å². The second-order valence-electron chi connectivity index (χ2n) is 7.30. The SMILES string of the molecule is CC(C)n1nccc1C(=O)N1CCNC(=O)C1CC1CCCCC1. The summed E-state index contributed by atoms with van der Waals surface area (Å²) in [6, 6.07) is 1.53. The lowest BCUT2D eigenvalue weighted by Gasteiger charge is -2.37. The quantitative estimate of drug-likeness (QED) is 0.920. The summed E-state index contributed by atoms with van der Waals surface area (Å²) < 4.78 is 1.74. The molecule has 1 N–H and O–H groups in total. The molecule has 2 fully saturated rings. The van der Waals surface area contributed by atoms with Gasteiger partial charge < -0.3 is 10.2 Å². The standard InChI is InChI=1S/C18H28N4O2/c1-13(2)22-15(8-9-20-22)18(24)21-11-10-19-17(23)16(21)12-14-6-4-3-5-7-14/h8-9,13-14,16H,3-7,10-12H2,1-2H3,(H,19,23). The fourth-order valence-electron chi connectivity index (χ4n) is 3.97.